The molecule has 1 aromatic carbocycles. The molecule has 0 saturated carbocycles. The second-order valence-corrected chi connectivity index (χ2v) is 3.60. The first-order valence-corrected chi connectivity index (χ1v) is 5.67. The van der Waals surface area contributed by atoms with Crippen molar-refractivity contribution in [1.82, 2.24) is 5.32 Å². The summed E-state index contributed by atoms with van der Waals surface area (Å²) in [4.78, 5) is 11.1. The van der Waals surface area contributed by atoms with Gasteiger partial charge in [0.15, 0.2) is 0 Å². The Morgan fingerprint density at radius 1 is 1.46 bits per heavy atom. The minimum atomic E-state index is 0.0805. The quantitative estimate of drug-likeness (QED) is 0.671. The number of hydrogen-bond donors (Lipinski definition) is 1. The highest BCUT2D eigenvalue weighted by Crippen LogP contribution is 2.10. The standard InChI is InChI=1S/C10H12INO/c1-8(12-10(13)7-11)9-5-3-2-4-6-9/h2-6,8H,7H2,1H3,(H,12,13)/t8-/m1/s1. The topological polar surface area (TPSA) is 29.1 Å². The predicted molar refractivity (Wildman–Crippen MR) is 61.9 cm³/mol. The van der Waals surface area contributed by atoms with Gasteiger partial charge in [0.05, 0.1) is 10.5 Å². The van der Waals surface area contributed by atoms with Crippen molar-refractivity contribution in [2.24, 2.45) is 0 Å². The van der Waals surface area contributed by atoms with Crippen molar-refractivity contribution in [2.45, 2.75) is 13.0 Å². The van der Waals surface area contributed by atoms with E-state index in [2.05, 4.69) is 27.9 Å². The summed E-state index contributed by atoms with van der Waals surface area (Å²) in [6.45, 7) is 1.99. The third-order valence-electron chi connectivity index (χ3n) is 1.80. The largest absolute Gasteiger partial charge is 0.349 e. The number of hydrogen-bond acceptors (Lipinski definition) is 1. The minimum absolute atomic E-state index is 0.0805. The fourth-order valence-corrected chi connectivity index (χ4v) is 1.33. The molecule has 70 valence electrons. The van der Waals surface area contributed by atoms with Crippen LogP contribution < -0.4 is 5.32 Å². The molecule has 0 bridgehead atoms. The molecule has 1 atom stereocenters. The van der Waals surface area contributed by atoms with Crippen LogP contribution in [0.2, 0.25) is 0 Å². The lowest BCUT2D eigenvalue weighted by molar-refractivity contribution is -0.118. The summed E-state index contributed by atoms with van der Waals surface area (Å²) in [6.07, 6.45) is 0. The smallest absolute Gasteiger partial charge is 0.230 e. The Labute approximate surface area is 91.9 Å². The maximum atomic E-state index is 11.1. The molecule has 2 nitrogen and oxygen atoms in total. The Hall–Kier alpha value is -0.580. The molecule has 0 aromatic heterocycles. The molecule has 0 aliphatic heterocycles. The normalized spacial score (nSPS) is 12.2. The molecule has 0 unspecified atom stereocenters. The van der Waals surface area contributed by atoms with E-state index in [9.17, 15) is 4.79 Å². The van der Waals surface area contributed by atoms with Crippen molar-refractivity contribution in [1.29, 1.82) is 0 Å². The number of benzene rings is 1. The number of rotatable bonds is 3. The summed E-state index contributed by atoms with van der Waals surface area (Å²) in [7, 11) is 0. The van der Waals surface area contributed by atoms with Gasteiger partial charge in [-0.1, -0.05) is 52.9 Å². The van der Waals surface area contributed by atoms with Crippen molar-refractivity contribution in [2.75, 3.05) is 4.43 Å². The molecule has 0 radical (unpaired) electrons. The predicted octanol–water partition coefficient (Wildman–Crippen LogP) is 2.30. The molecule has 13 heavy (non-hydrogen) atoms. The van der Waals surface area contributed by atoms with E-state index in [0.29, 0.717) is 4.43 Å². The lowest BCUT2D eigenvalue weighted by Crippen LogP contribution is -2.27. The van der Waals surface area contributed by atoms with Gasteiger partial charge in [0.2, 0.25) is 5.91 Å². The van der Waals surface area contributed by atoms with Gasteiger partial charge in [-0.25, -0.2) is 0 Å². The van der Waals surface area contributed by atoms with Crippen molar-refractivity contribution in [3.05, 3.63) is 35.9 Å². The van der Waals surface area contributed by atoms with E-state index in [-0.39, 0.29) is 11.9 Å². The minimum Gasteiger partial charge on any atom is -0.349 e. The molecular weight excluding hydrogens is 277 g/mol. The zero-order valence-electron chi connectivity index (χ0n) is 7.46. The van der Waals surface area contributed by atoms with Gasteiger partial charge in [-0.15, -0.1) is 0 Å². The van der Waals surface area contributed by atoms with Crippen LogP contribution in [0.4, 0.5) is 0 Å². The molecule has 0 spiro atoms. The summed E-state index contributed by atoms with van der Waals surface area (Å²) in [5.74, 6) is 0.0805. The Bertz CT molecular complexity index is 274. The Kier molecular flexibility index (Phi) is 4.21. The Balaban J connectivity index is 2.59. The number of alkyl halides is 1. The summed E-state index contributed by atoms with van der Waals surface area (Å²) < 4.78 is 0.509. The van der Waals surface area contributed by atoms with Gasteiger partial charge in [-0.05, 0) is 12.5 Å². The molecule has 3 heteroatoms. The van der Waals surface area contributed by atoms with E-state index >= 15 is 0 Å². The van der Waals surface area contributed by atoms with Gasteiger partial charge < -0.3 is 5.32 Å². The first-order chi connectivity index (χ1) is 6.24. The van der Waals surface area contributed by atoms with Crippen LogP contribution in [0, 0.1) is 0 Å². The number of carbonyl (C=O) groups excluding carboxylic acids is 1. The summed E-state index contributed by atoms with van der Waals surface area (Å²) >= 11 is 2.05. The van der Waals surface area contributed by atoms with Gasteiger partial charge in [-0.2, -0.15) is 0 Å². The molecule has 0 saturated heterocycles. The van der Waals surface area contributed by atoms with Crippen molar-refractivity contribution in [3.63, 3.8) is 0 Å². The summed E-state index contributed by atoms with van der Waals surface area (Å²) in [5.41, 5.74) is 1.14. The van der Waals surface area contributed by atoms with Crippen molar-refractivity contribution >= 4 is 28.5 Å². The first-order valence-electron chi connectivity index (χ1n) is 4.14. The van der Waals surface area contributed by atoms with Gasteiger partial charge in [0.25, 0.3) is 0 Å². The highest BCUT2D eigenvalue weighted by molar-refractivity contribution is 14.1. The SMILES string of the molecule is C[C@@H](NC(=O)CI)c1ccccc1. The lowest BCUT2D eigenvalue weighted by Gasteiger charge is -2.12. The van der Waals surface area contributed by atoms with E-state index in [4.69, 9.17) is 0 Å². The molecule has 1 N–H and O–H groups in total. The van der Waals surface area contributed by atoms with Gasteiger partial charge in [0, 0.05) is 0 Å². The zero-order valence-corrected chi connectivity index (χ0v) is 9.61. The van der Waals surface area contributed by atoms with E-state index < -0.39 is 0 Å². The second kappa shape index (κ2) is 5.21. The van der Waals surface area contributed by atoms with E-state index in [1.807, 2.05) is 37.3 Å². The fraction of sp³-hybridized carbons (Fsp3) is 0.300. The van der Waals surface area contributed by atoms with Crippen LogP contribution in [-0.2, 0) is 4.79 Å². The zero-order chi connectivity index (χ0) is 9.68. The van der Waals surface area contributed by atoms with Crippen LogP contribution in [0.15, 0.2) is 30.3 Å². The highest BCUT2D eigenvalue weighted by atomic mass is 127. The van der Waals surface area contributed by atoms with E-state index in [1.54, 1.807) is 0 Å². The van der Waals surface area contributed by atoms with Gasteiger partial charge in [0.1, 0.15) is 0 Å². The van der Waals surface area contributed by atoms with Crippen LogP contribution in [0.5, 0.6) is 0 Å². The number of halogens is 1. The third kappa shape index (κ3) is 3.34. The first kappa shape index (κ1) is 10.5. The average Bonchev–Trinajstić information content (AvgIpc) is 2.19. The van der Waals surface area contributed by atoms with E-state index in [1.165, 1.54) is 0 Å². The number of nitrogens with one attached hydrogen (secondary N) is 1. The molecule has 0 aliphatic carbocycles. The maximum Gasteiger partial charge on any atom is 0.230 e. The average molecular weight is 289 g/mol. The second-order valence-electron chi connectivity index (χ2n) is 2.83. The molecule has 0 fully saturated rings. The fourth-order valence-electron chi connectivity index (χ4n) is 1.11. The third-order valence-corrected chi connectivity index (χ3v) is 2.49. The van der Waals surface area contributed by atoms with Crippen LogP contribution in [0.25, 0.3) is 0 Å². The van der Waals surface area contributed by atoms with Crippen LogP contribution >= 0.6 is 22.6 Å². The van der Waals surface area contributed by atoms with Crippen LogP contribution in [-0.4, -0.2) is 10.3 Å². The van der Waals surface area contributed by atoms with Gasteiger partial charge >= 0.3 is 0 Å². The summed E-state index contributed by atoms with van der Waals surface area (Å²) in [6, 6.07) is 10.0. The van der Waals surface area contributed by atoms with Crippen molar-refractivity contribution < 1.29 is 4.79 Å². The monoisotopic (exact) mass is 289 g/mol. The van der Waals surface area contributed by atoms with Crippen LogP contribution in [0.1, 0.15) is 18.5 Å². The lowest BCUT2D eigenvalue weighted by atomic mass is 10.1. The number of amides is 1. The molecule has 0 heterocycles. The molecule has 0 aliphatic rings. The molecule has 1 aromatic rings. The number of carbonyl (C=O) groups is 1. The van der Waals surface area contributed by atoms with Gasteiger partial charge in [-0.3, -0.25) is 4.79 Å². The Morgan fingerprint density at radius 3 is 2.62 bits per heavy atom. The molecule has 1 amide bonds. The summed E-state index contributed by atoms with van der Waals surface area (Å²) in [5, 5.41) is 2.90. The van der Waals surface area contributed by atoms with Crippen molar-refractivity contribution in [3.8, 4) is 0 Å². The van der Waals surface area contributed by atoms with Crippen LogP contribution in [0.3, 0.4) is 0 Å². The van der Waals surface area contributed by atoms with E-state index in [0.717, 1.165) is 5.56 Å². The Morgan fingerprint density at radius 2 is 2.08 bits per heavy atom. The maximum absolute atomic E-state index is 11.1. The molecular formula is C10H12INO. The highest BCUT2D eigenvalue weighted by Gasteiger charge is 2.06. The molecule has 1 rings (SSSR count).